The number of carboxylic acids is 1. The number of nitrogens with one attached hydrogen (secondary N) is 1. The fourth-order valence-electron chi connectivity index (χ4n) is 3.57. The summed E-state index contributed by atoms with van der Waals surface area (Å²) in [4.78, 5) is 23.8. The summed E-state index contributed by atoms with van der Waals surface area (Å²) in [7, 11) is 0. The Kier molecular flexibility index (Phi) is 5.35. The molecule has 0 radical (unpaired) electrons. The first-order valence-electron chi connectivity index (χ1n) is 8.98. The zero-order valence-corrected chi connectivity index (χ0v) is 16.8. The number of aromatic nitrogens is 1. The molecule has 0 saturated carbocycles. The van der Waals surface area contributed by atoms with Gasteiger partial charge in [0.1, 0.15) is 23.0 Å². The van der Waals surface area contributed by atoms with Gasteiger partial charge in [-0.1, -0.05) is 53.7 Å². The fourth-order valence-corrected chi connectivity index (χ4v) is 3.90. The molecule has 0 spiro atoms. The molecular weight excluding hydrogens is 440 g/mol. The number of hydrogen-bond donors (Lipinski definition) is 2. The normalized spacial score (nSPS) is 13.4. The number of aliphatic carboxylic acids is 1. The third-order valence-electron chi connectivity index (χ3n) is 4.87. The molecule has 2 N–H and O–H groups in total. The largest absolute Gasteiger partial charge is 0.480 e. The van der Waals surface area contributed by atoms with Crippen molar-refractivity contribution in [1.82, 2.24) is 10.5 Å². The summed E-state index contributed by atoms with van der Waals surface area (Å²) in [5.41, 5.74) is 4.42. The summed E-state index contributed by atoms with van der Waals surface area (Å²) in [6.45, 7) is 0.111. The lowest BCUT2D eigenvalue weighted by Crippen LogP contribution is -2.42. The number of carboxylic acid groups (broad SMARTS) is 1. The van der Waals surface area contributed by atoms with Gasteiger partial charge in [-0.3, -0.25) is 0 Å². The molecule has 0 fully saturated rings. The summed E-state index contributed by atoms with van der Waals surface area (Å²) in [6, 6.07) is 16.3. The van der Waals surface area contributed by atoms with Crippen LogP contribution in [-0.2, 0) is 16.0 Å². The number of hydrogen-bond acceptors (Lipinski definition) is 5. The van der Waals surface area contributed by atoms with Crippen LogP contribution >= 0.6 is 15.9 Å². The molecule has 3 aromatic rings. The third kappa shape index (κ3) is 4.02. The first-order chi connectivity index (χ1) is 14.0. The Bertz CT molecular complexity index is 1020. The van der Waals surface area contributed by atoms with Crippen molar-refractivity contribution in [1.29, 1.82) is 0 Å². The minimum atomic E-state index is -1.19. The van der Waals surface area contributed by atoms with Crippen LogP contribution in [0, 0.1) is 0 Å². The van der Waals surface area contributed by atoms with Crippen LogP contribution in [0.2, 0.25) is 0 Å². The second-order valence-electron chi connectivity index (χ2n) is 6.68. The highest BCUT2D eigenvalue weighted by molar-refractivity contribution is 9.10. The van der Waals surface area contributed by atoms with Crippen LogP contribution in [0.3, 0.4) is 0 Å². The number of carbonyl (C=O) groups is 2. The van der Waals surface area contributed by atoms with Crippen LogP contribution in [0.4, 0.5) is 4.79 Å². The molecule has 0 saturated heterocycles. The Morgan fingerprint density at radius 3 is 2.31 bits per heavy atom. The number of rotatable bonds is 6. The molecular formula is C21H17BrN2O5. The van der Waals surface area contributed by atoms with Crippen LogP contribution in [0.5, 0.6) is 0 Å². The zero-order chi connectivity index (χ0) is 20.4. The first kappa shape index (κ1) is 19.2. The average Bonchev–Trinajstić information content (AvgIpc) is 3.27. The molecule has 8 heteroatoms. The third-order valence-corrected chi connectivity index (χ3v) is 5.24. The number of amides is 1. The maximum Gasteiger partial charge on any atom is 0.407 e. The van der Waals surface area contributed by atoms with Gasteiger partial charge in [0.25, 0.3) is 0 Å². The van der Waals surface area contributed by atoms with E-state index in [-0.39, 0.29) is 18.9 Å². The molecule has 148 valence electrons. The second kappa shape index (κ2) is 8.08. The lowest BCUT2D eigenvalue weighted by atomic mass is 9.98. The Hall–Kier alpha value is -3.13. The molecule has 1 atom stereocenters. The van der Waals surface area contributed by atoms with Gasteiger partial charge >= 0.3 is 12.1 Å². The minimum absolute atomic E-state index is 0.0435. The van der Waals surface area contributed by atoms with Gasteiger partial charge in [0.05, 0.1) is 0 Å². The maximum absolute atomic E-state index is 12.3. The number of halogens is 1. The van der Waals surface area contributed by atoms with E-state index in [0.717, 1.165) is 22.3 Å². The molecule has 4 rings (SSSR count). The average molecular weight is 457 g/mol. The molecule has 1 aliphatic carbocycles. The highest BCUT2D eigenvalue weighted by Gasteiger charge is 2.30. The molecule has 0 aliphatic heterocycles. The van der Waals surface area contributed by atoms with Crippen LogP contribution in [-0.4, -0.2) is 35.0 Å². The molecule has 1 unspecified atom stereocenters. The van der Waals surface area contributed by atoms with Gasteiger partial charge < -0.3 is 19.7 Å². The number of fused-ring (bicyclic) bond motifs is 3. The van der Waals surface area contributed by atoms with Gasteiger partial charge in [-0.2, -0.15) is 0 Å². The standard InChI is InChI=1S/C21H17BrN2O5/c22-19-10-12(29-24-19)9-18(20(25)26)23-21(27)28-11-17-15-7-3-1-5-13(15)14-6-2-4-8-16(14)17/h1-8,10,17-18H,9,11H2,(H,23,27)(H,25,26). The van der Waals surface area contributed by atoms with Crippen molar-refractivity contribution in [2.24, 2.45) is 0 Å². The molecule has 1 aliphatic rings. The van der Waals surface area contributed by atoms with Crippen molar-refractivity contribution in [3.63, 3.8) is 0 Å². The quantitative estimate of drug-likeness (QED) is 0.581. The van der Waals surface area contributed by atoms with E-state index in [0.29, 0.717) is 10.4 Å². The highest BCUT2D eigenvalue weighted by Crippen LogP contribution is 2.44. The molecule has 1 amide bonds. The lowest BCUT2D eigenvalue weighted by molar-refractivity contribution is -0.139. The molecule has 0 bridgehead atoms. The number of carbonyl (C=O) groups excluding carboxylic acids is 1. The monoisotopic (exact) mass is 456 g/mol. The van der Waals surface area contributed by atoms with E-state index >= 15 is 0 Å². The summed E-state index contributed by atoms with van der Waals surface area (Å²) >= 11 is 3.13. The summed E-state index contributed by atoms with van der Waals surface area (Å²) < 4.78 is 10.8. The maximum atomic E-state index is 12.3. The zero-order valence-electron chi connectivity index (χ0n) is 15.2. The van der Waals surface area contributed by atoms with E-state index in [1.807, 2.05) is 48.5 Å². The van der Waals surface area contributed by atoms with Gasteiger partial charge in [0.2, 0.25) is 0 Å². The number of ether oxygens (including phenoxy) is 1. The van der Waals surface area contributed by atoms with Crippen molar-refractivity contribution in [3.8, 4) is 11.1 Å². The lowest BCUT2D eigenvalue weighted by Gasteiger charge is -2.17. The van der Waals surface area contributed by atoms with Crippen LogP contribution in [0.25, 0.3) is 11.1 Å². The summed E-state index contributed by atoms with van der Waals surface area (Å²) in [6.07, 6.45) is -0.837. The first-order valence-corrected chi connectivity index (χ1v) is 9.77. The summed E-state index contributed by atoms with van der Waals surface area (Å²) in [5, 5.41) is 15.4. The van der Waals surface area contributed by atoms with E-state index in [9.17, 15) is 14.7 Å². The van der Waals surface area contributed by atoms with E-state index in [1.54, 1.807) is 6.07 Å². The predicted molar refractivity (Wildman–Crippen MR) is 108 cm³/mol. The number of benzene rings is 2. The van der Waals surface area contributed by atoms with Gasteiger partial charge in [-0.05, 0) is 38.2 Å². The Labute approximate surface area is 174 Å². The molecule has 2 aromatic carbocycles. The van der Waals surface area contributed by atoms with Crippen molar-refractivity contribution in [3.05, 3.63) is 76.1 Å². The Morgan fingerprint density at radius 1 is 1.14 bits per heavy atom. The van der Waals surface area contributed by atoms with Crippen LogP contribution < -0.4 is 5.32 Å². The minimum Gasteiger partial charge on any atom is -0.480 e. The van der Waals surface area contributed by atoms with Crippen LogP contribution in [0.1, 0.15) is 22.8 Å². The van der Waals surface area contributed by atoms with E-state index in [2.05, 4.69) is 26.4 Å². The molecule has 7 nitrogen and oxygen atoms in total. The number of nitrogens with zero attached hydrogens (tertiary/aromatic N) is 1. The SMILES string of the molecule is O=C(NC(Cc1cc(Br)no1)C(=O)O)OCC1c2ccccc2-c2ccccc21. The molecule has 1 aromatic heterocycles. The van der Waals surface area contributed by atoms with Gasteiger partial charge in [0.15, 0.2) is 0 Å². The van der Waals surface area contributed by atoms with Crippen molar-refractivity contribution in [2.45, 2.75) is 18.4 Å². The van der Waals surface area contributed by atoms with Gasteiger partial charge in [-0.25, -0.2) is 9.59 Å². The van der Waals surface area contributed by atoms with E-state index in [4.69, 9.17) is 9.26 Å². The van der Waals surface area contributed by atoms with E-state index < -0.39 is 18.1 Å². The number of alkyl carbamates (subject to hydrolysis) is 1. The topological polar surface area (TPSA) is 102 Å². The van der Waals surface area contributed by atoms with Crippen LogP contribution in [0.15, 0.2) is 63.7 Å². The van der Waals surface area contributed by atoms with Crippen molar-refractivity contribution >= 4 is 28.0 Å². The molecule has 1 heterocycles. The van der Waals surface area contributed by atoms with Crippen molar-refractivity contribution in [2.75, 3.05) is 6.61 Å². The Morgan fingerprint density at radius 2 is 1.76 bits per heavy atom. The second-order valence-corrected chi connectivity index (χ2v) is 7.49. The highest BCUT2D eigenvalue weighted by atomic mass is 79.9. The molecule has 29 heavy (non-hydrogen) atoms. The predicted octanol–water partition coefficient (Wildman–Crippen LogP) is 3.97. The smallest absolute Gasteiger partial charge is 0.407 e. The van der Waals surface area contributed by atoms with Gasteiger partial charge in [-0.15, -0.1) is 0 Å². The van der Waals surface area contributed by atoms with Crippen molar-refractivity contribution < 1.29 is 24.0 Å². The van der Waals surface area contributed by atoms with Gasteiger partial charge in [0, 0.05) is 18.4 Å². The Balaban J connectivity index is 1.43. The summed E-state index contributed by atoms with van der Waals surface area (Å²) in [5.74, 6) is -0.948. The van der Waals surface area contributed by atoms with E-state index in [1.165, 1.54) is 0 Å². The fraction of sp³-hybridized carbons (Fsp3) is 0.190.